The summed E-state index contributed by atoms with van der Waals surface area (Å²) in [6, 6.07) is 0.0475. The highest BCUT2D eigenvalue weighted by Crippen LogP contribution is 2.24. The van der Waals surface area contributed by atoms with E-state index >= 15 is 0 Å². The first-order valence-electron chi connectivity index (χ1n) is 4.34. The van der Waals surface area contributed by atoms with Gasteiger partial charge in [0.25, 0.3) is 0 Å². The van der Waals surface area contributed by atoms with Gasteiger partial charge < -0.3 is 5.32 Å². The van der Waals surface area contributed by atoms with Crippen LogP contribution < -0.4 is 5.32 Å². The molecule has 3 nitrogen and oxygen atoms in total. The van der Waals surface area contributed by atoms with Gasteiger partial charge in [-0.1, -0.05) is 15.9 Å². The Hall–Kier alpha value is -0.420. The molecule has 0 saturated heterocycles. The smallest absolute Gasteiger partial charge is 0.231 e. The Bertz CT molecular complexity index is 338. The summed E-state index contributed by atoms with van der Waals surface area (Å²) in [6.45, 7) is 5.91. The molecule has 0 aromatic carbocycles. The van der Waals surface area contributed by atoms with Gasteiger partial charge in [0.2, 0.25) is 5.91 Å². The second-order valence-corrected chi connectivity index (χ2v) is 4.90. The van der Waals surface area contributed by atoms with Crippen LogP contribution in [0, 0.1) is 13.8 Å². The number of nitrogens with zero attached hydrogens (tertiary/aromatic N) is 1. The van der Waals surface area contributed by atoms with E-state index in [-0.39, 0.29) is 11.9 Å². The summed E-state index contributed by atoms with van der Waals surface area (Å²) >= 11 is 4.75. The average molecular weight is 277 g/mol. The SMILES string of the molecule is Cc1nc(C)c(C(C)NC(=O)CBr)s1. The third-order valence-electron chi connectivity index (χ3n) is 1.83. The van der Waals surface area contributed by atoms with E-state index in [0.29, 0.717) is 5.33 Å². The largest absolute Gasteiger partial charge is 0.348 e. The number of nitrogens with one attached hydrogen (secondary N) is 1. The molecule has 0 spiro atoms. The van der Waals surface area contributed by atoms with Crippen LogP contribution >= 0.6 is 27.3 Å². The number of thiazole rings is 1. The Kier molecular flexibility index (Phi) is 4.07. The molecular weight excluding hydrogens is 264 g/mol. The van der Waals surface area contributed by atoms with Crippen molar-refractivity contribution >= 4 is 33.2 Å². The van der Waals surface area contributed by atoms with Crippen LogP contribution in [0.2, 0.25) is 0 Å². The highest BCUT2D eigenvalue weighted by atomic mass is 79.9. The van der Waals surface area contributed by atoms with Crippen molar-refractivity contribution < 1.29 is 4.79 Å². The van der Waals surface area contributed by atoms with Crippen molar-refractivity contribution in [3.05, 3.63) is 15.6 Å². The van der Waals surface area contributed by atoms with Crippen molar-refractivity contribution in [3.8, 4) is 0 Å². The van der Waals surface area contributed by atoms with Gasteiger partial charge in [0.1, 0.15) is 0 Å². The van der Waals surface area contributed by atoms with Gasteiger partial charge in [0, 0.05) is 4.88 Å². The molecule has 14 heavy (non-hydrogen) atoms. The van der Waals surface area contributed by atoms with E-state index < -0.39 is 0 Å². The summed E-state index contributed by atoms with van der Waals surface area (Å²) < 4.78 is 0. The van der Waals surface area contributed by atoms with Gasteiger partial charge >= 0.3 is 0 Å². The first kappa shape index (κ1) is 11.7. The number of carbonyl (C=O) groups excluding carboxylic acids is 1. The molecule has 0 aliphatic carbocycles. The van der Waals surface area contributed by atoms with Crippen LogP contribution in [0.5, 0.6) is 0 Å². The van der Waals surface area contributed by atoms with Gasteiger partial charge in [0.15, 0.2) is 0 Å². The molecule has 1 N–H and O–H groups in total. The summed E-state index contributed by atoms with van der Waals surface area (Å²) in [5, 5.41) is 4.27. The van der Waals surface area contributed by atoms with Crippen LogP contribution in [0.15, 0.2) is 0 Å². The molecule has 0 bridgehead atoms. The Morgan fingerprint density at radius 1 is 1.64 bits per heavy atom. The highest BCUT2D eigenvalue weighted by molar-refractivity contribution is 9.09. The second-order valence-electron chi connectivity index (χ2n) is 3.11. The zero-order valence-corrected chi connectivity index (χ0v) is 10.8. The summed E-state index contributed by atoms with van der Waals surface area (Å²) in [5.74, 6) is 0.00273. The molecule has 0 fully saturated rings. The van der Waals surface area contributed by atoms with E-state index in [4.69, 9.17) is 0 Å². The second kappa shape index (κ2) is 4.89. The number of hydrogen-bond acceptors (Lipinski definition) is 3. The lowest BCUT2D eigenvalue weighted by molar-refractivity contribution is -0.119. The van der Waals surface area contributed by atoms with Crippen LogP contribution in [0.4, 0.5) is 0 Å². The zero-order valence-electron chi connectivity index (χ0n) is 8.43. The number of aromatic nitrogens is 1. The summed E-state index contributed by atoms with van der Waals surface area (Å²) in [7, 11) is 0. The van der Waals surface area contributed by atoms with Crippen molar-refractivity contribution in [1.82, 2.24) is 10.3 Å². The standard InChI is InChI=1S/C9H13BrN2OS/c1-5-9(14-7(3)11-5)6(2)12-8(13)4-10/h6H,4H2,1-3H3,(H,12,13). The minimum Gasteiger partial charge on any atom is -0.348 e. The molecule has 78 valence electrons. The van der Waals surface area contributed by atoms with Crippen molar-refractivity contribution in [2.45, 2.75) is 26.8 Å². The van der Waals surface area contributed by atoms with Crippen LogP contribution in [0.1, 0.15) is 28.5 Å². The van der Waals surface area contributed by atoms with Crippen molar-refractivity contribution in [2.24, 2.45) is 0 Å². The minimum absolute atomic E-state index is 0.00273. The molecule has 1 aromatic rings. The Balaban J connectivity index is 2.73. The first-order valence-corrected chi connectivity index (χ1v) is 6.27. The van der Waals surface area contributed by atoms with Gasteiger partial charge in [0.05, 0.1) is 22.1 Å². The molecule has 1 rings (SSSR count). The fourth-order valence-electron chi connectivity index (χ4n) is 1.29. The molecule has 0 aliphatic heterocycles. The lowest BCUT2D eigenvalue weighted by atomic mass is 10.2. The van der Waals surface area contributed by atoms with Crippen molar-refractivity contribution in [3.63, 3.8) is 0 Å². The van der Waals surface area contributed by atoms with Crippen LogP contribution in [0.25, 0.3) is 0 Å². The molecule has 5 heteroatoms. The number of rotatable bonds is 3. The minimum atomic E-state index is 0.00273. The number of carbonyl (C=O) groups is 1. The molecule has 1 atom stereocenters. The fraction of sp³-hybridized carbons (Fsp3) is 0.556. The maximum absolute atomic E-state index is 11.1. The molecule has 1 amide bonds. The van der Waals surface area contributed by atoms with Crippen LogP contribution in [-0.4, -0.2) is 16.2 Å². The third kappa shape index (κ3) is 2.78. The number of amides is 1. The number of hydrogen-bond donors (Lipinski definition) is 1. The maximum Gasteiger partial charge on any atom is 0.231 e. The number of aryl methyl sites for hydroxylation is 2. The molecule has 1 unspecified atom stereocenters. The predicted molar refractivity (Wildman–Crippen MR) is 61.9 cm³/mol. The average Bonchev–Trinajstić information content (AvgIpc) is 2.45. The third-order valence-corrected chi connectivity index (χ3v) is 3.60. The summed E-state index contributed by atoms with van der Waals surface area (Å²) in [6.07, 6.45) is 0. The lowest BCUT2D eigenvalue weighted by Crippen LogP contribution is -2.27. The highest BCUT2D eigenvalue weighted by Gasteiger charge is 2.14. The van der Waals surface area contributed by atoms with Crippen LogP contribution in [0.3, 0.4) is 0 Å². The van der Waals surface area contributed by atoms with Crippen LogP contribution in [-0.2, 0) is 4.79 Å². The molecule has 0 saturated carbocycles. The van der Waals surface area contributed by atoms with E-state index in [0.717, 1.165) is 15.6 Å². The van der Waals surface area contributed by atoms with Gasteiger partial charge in [-0.2, -0.15) is 0 Å². The molecule has 1 heterocycles. The normalized spacial score (nSPS) is 12.6. The molecular formula is C9H13BrN2OS. The Morgan fingerprint density at radius 2 is 2.29 bits per heavy atom. The monoisotopic (exact) mass is 276 g/mol. The topological polar surface area (TPSA) is 42.0 Å². The zero-order chi connectivity index (χ0) is 10.7. The van der Waals surface area contributed by atoms with E-state index in [9.17, 15) is 4.79 Å². The Morgan fingerprint density at radius 3 is 2.71 bits per heavy atom. The lowest BCUT2D eigenvalue weighted by Gasteiger charge is -2.11. The van der Waals surface area contributed by atoms with Gasteiger partial charge in [-0.25, -0.2) is 4.98 Å². The van der Waals surface area contributed by atoms with Crippen molar-refractivity contribution in [2.75, 3.05) is 5.33 Å². The fourth-order valence-corrected chi connectivity index (χ4v) is 2.39. The van der Waals surface area contributed by atoms with E-state index in [1.807, 2.05) is 20.8 Å². The first-order chi connectivity index (χ1) is 6.54. The summed E-state index contributed by atoms with van der Waals surface area (Å²) in [5.41, 5.74) is 1.01. The predicted octanol–water partition coefficient (Wildman–Crippen LogP) is 2.33. The maximum atomic E-state index is 11.1. The van der Waals surface area contributed by atoms with Gasteiger partial charge in [-0.3, -0.25) is 4.79 Å². The molecule has 0 radical (unpaired) electrons. The van der Waals surface area contributed by atoms with E-state index in [1.165, 1.54) is 0 Å². The van der Waals surface area contributed by atoms with Crippen molar-refractivity contribution in [1.29, 1.82) is 0 Å². The molecule has 1 aromatic heterocycles. The quantitative estimate of drug-likeness (QED) is 0.862. The summed E-state index contributed by atoms with van der Waals surface area (Å²) in [4.78, 5) is 16.6. The molecule has 0 aliphatic rings. The van der Waals surface area contributed by atoms with Gasteiger partial charge in [-0.15, -0.1) is 11.3 Å². The van der Waals surface area contributed by atoms with E-state index in [2.05, 4.69) is 26.2 Å². The Labute approximate surface area is 96.1 Å². The van der Waals surface area contributed by atoms with E-state index in [1.54, 1.807) is 11.3 Å². The number of alkyl halides is 1. The van der Waals surface area contributed by atoms with Gasteiger partial charge in [-0.05, 0) is 20.8 Å². The number of halogens is 1.